The monoisotopic (exact) mass is 510 g/mol. The number of benzene rings is 1. The van der Waals surface area contributed by atoms with E-state index in [0.29, 0.717) is 11.4 Å². The van der Waals surface area contributed by atoms with E-state index in [0.717, 1.165) is 25.7 Å². The van der Waals surface area contributed by atoms with Crippen LogP contribution in [0.1, 0.15) is 58.1 Å². The summed E-state index contributed by atoms with van der Waals surface area (Å²) in [6.45, 7) is 5.14. The van der Waals surface area contributed by atoms with Gasteiger partial charge in [-0.15, -0.1) is 0 Å². The van der Waals surface area contributed by atoms with Crippen molar-refractivity contribution in [1.29, 1.82) is 0 Å². The molecule has 1 saturated heterocycles. The number of nitrogens with one attached hydrogen (secondary N) is 3. The molecule has 0 spiro atoms. The third-order valence-electron chi connectivity index (χ3n) is 7.60. The third kappa shape index (κ3) is 4.77. The van der Waals surface area contributed by atoms with Gasteiger partial charge in [-0.2, -0.15) is 0 Å². The Kier molecular flexibility index (Phi) is 7.24. The molecule has 0 bridgehead atoms. The lowest BCUT2D eigenvalue weighted by molar-refractivity contribution is -0.131. The highest BCUT2D eigenvalue weighted by atomic mass is 16.2. The number of nitrogens with zero attached hydrogens (tertiary/aromatic N) is 3. The van der Waals surface area contributed by atoms with Crippen LogP contribution >= 0.6 is 0 Å². The van der Waals surface area contributed by atoms with E-state index in [-0.39, 0.29) is 24.1 Å². The van der Waals surface area contributed by atoms with Gasteiger partial charge in [-0.05, 0) is 45.2 Å². The van der Waals surface area contributed by atoms with Gasteiger partial charge < -0.3 is 10.6 Å². The Bertz CT molecular complexity index is 1280. The highest BCUT2D eigenvalue weighted by Crippen LogP contribution is 2.31. The number of urea groups is 1. The first-order valence-corrected chi connectivity index (χ1v) is 12.7. The van der Waals surface area contributed by atoms with Gasteiger partial charge in [0.15, 0.2) is 0 Å². The summed E-state index contributed by atoms with van der Waals surface area (Å²) in [6, 6.07) is 7.23. The van der Waals surface area contributed by atoms with E-state index < -0.39 is 41.4 Å². The third-order valence-corrected chi connectivity index (χ3v) is 7.60. The van der Waals surface area contributed by atoms with Crippen molar-refractivity contribution in [2.45, 2.75) is 76.9 Å². The van der Waals surface area contributed by atoms with E-state index in [4.69, 9.17) is 0 Å². The molecule has 4 rings (SSSR count). The molecule has 2 atom stereocenters. The first-order chi connectivity index (χ1) is 17.6. The number of rotatable bonds is 8. The lowest BCUT2D eigenvalue weighted by atomic mass is 9.92. The van der Waals surface area contributed by atoms with Crippen molar-refractivity contribution < 1.29 is 19.2 Å². The predicted molar refractivity (Wildman–Crippen MR) is 137 cm³/mol. The molecule has 11 heteroatoms. The molecule has 1 aliphatic heterocycles. The fraction of sp³-hybridized carbons (Fsp3) is 0.500. The SMILES string of the molecule is CC[C@](C)(C(=O)NC1CCCC1)N(C(=O)C[C@H]1NC(=O)NC1=O)c1c(C)n(C)n(-c2ccccc2)c1=O. The number of amides is 5. The molecule has 5 amide bonds. The van der Waals surface area contributed by atoms with Crippen LogP contribution in [0.4, 0.5) is 10.5 Å². The van der Waals surface area contributed by atoms with Crippen molar-refractivity contribution in [3.8, 4) is 5.69 Å². The van der Waals surface area contributed by atoms with Crippen molar-refractivity contribution in [3.63, 3.8) is 0 Å². The second kappa shape index (κ2) is 10.2. The topological polar surface area (TPSA) is 135 Å². The second-order valence-corrected chi connectivity index (χ2v) is 9.94. The van der Waals surface area contributed by atoms with E-state index >= 15 is 0 Å². The van der Waals surface area contributed by atoms with E-state index in [9.17, 15) is 24.0 Å². The molecule has 37 heavy (non-hydrogen) atoms. The molecular weight excluding hydrogens is 476 g/mol. The Labute approximate surface area is 215 Å². The van der Waals surface area contributed by atoms with Crippen molar-refractivity contribution in [3.05, 3.63) is 46.4 Å². The summed E-state index contributed by atoms with van der Waals surface area (Å²) >= 11 is 0. The summed E-state index contributed by atoms with van der Waals surface area (Å²) in [7, 11) is 1.71. The molecular formula is C26H34N6O5. The number of carbonyl (C=O) groups excluding carboxylic acids is 4. The number of anilines is 1. The average Bonchev–Trinajstić information content (AvgIpc) is 3.55. The van der Waals surface area contributed by atoms with Crippen LogP contribution in [0.3, 0.4) is 0 Å². The standard InChI is InChI=1S/C26H34N6O5/c1-5-26(3,24(36)27-17-11-9-10-12-17)31(20(33)15-19-22(34)29-25(37)28-19)21-16(2)30(4)32(23(21)35)18-13-7-6-8-14-18/h6-8,13-14,17,19H,5,9-12,15H2,1-4H3,(H,27,36)(H2,28,29,34,37)/t19-,26-/m1/s1. The molecule has 1 aliphatic carbocycles. The summed E-state index contributed by atoms with van der Waals surface area (Å²) in [5.41, 5.74) is -0.735. The van der Waals surface area contributed by atoms with Crippen LogP contribution in [0.15, 0.2) is 35.1 Å². The summed E-state index contributed by atoms with van der Waals surface area (Å²) in [5.74, 6) is -1.60. The first kappa shape index (κ1) is 26.2. The number of hydrogen-bond acceptors (Lipinski definition) is 5. The zero-order valence-corrected chi connectivity index (χ0v) is 21.7. The van der Waals surface area contributed by atoms with Gasteiger partial charge in [0.1, 0.15) is 17.3 Å². The summed E-state index contributed by atoms with van der Waals surface area (Å²) in [5, 5.41) is 7.64. The normalized spacial score (nSPS) is 19.3. The fourth-order valence-electron chi connectivity index (χ4n) is 5.16. The maximum atomic E-state index is 13.9. The Morgan fingerprint density at radius 3 is 2.35 bits per heavy atom. The van der Waals surface area contributed by atoms with E-state index in [1.807, 2.05) is 6.07 Å². The van der Waals surface area contributed by atoms with E-state index in [1.54, 1.807) is 56.8 Å². The minimum absolute atomic E-state index is 0.00747. The smallest absolute Gasteiger partial charge is 0.322 e. The first-order valence-electron chi connectivity index (χ1n) is 12.7. The van der Waals surface area contributed by atoms with E-state index in [2.05, 4.69) is 16.0 Å². The predicted octanol–water partition coefficient (Wildman–Crippen LogP) is 1.64. The molecule has 0 unspecified atom stereocenters. The summed E-state index contributed by atoms with van der Waals surface area (Å²) < 4.78 is 3.09. The molecule has 0 radical (unpaired) electrons. The van der Waals surface area contributed by atoms with Gasteiger partial charge in [-0.1, -0.05) is 38.0 Å². The molecule has 1 saturated carbocycles. The van der Waals surface area contributed by atoms with Crippen LogP contribution in [0.25, 0.3) is 5.69 Å². The van der Waals surface area contributed by atoms with E-state index in [1.165, 1.54) is 9.58 Å². The van der Waals surface area contributed by atoms with Crippen molar-refractivity contribution in [1.82, 2.24) is 25.3 Å². The van der Waals surface area contributed by atoms with Crippen LogP contribution in [0, 0.1) is 6.92 Å². The molecule has 2 fully saturated rings. The summed E-state index contributed by atoms with van der Waals surface area (Å²) in [6.07, 6.45) is 3.58. The molecule has 198 valence electrons. The molecule has 1 aromatic carbocycles. The molecule has 1 aromatic heterocycles. The zero-order chi connectivity index (χ0) is 26.9. The van der Waals surface area contributed by atoms with Crippen molar-refractivity contribution in [2.24, 2.45) is 7.05 Å². The van der Waals surface area contributed by atoms with Gasteiger partial charge >= 0.3 is 6.03 Å². The highest BCUT2D eigenvalue weighted by Gasteiger charge is 2.46. The van der Waals surface area contributed by atoms with Crippen LogP contribution in [-0.4, -0.2) is 50.7 Å². The van der Waals surface area contributed by atoms with Gasteiger partial charge in [0.2, 0.25) is 11.8 Å². The molecule has 2 aliphatic rings. The van der Waals surface area contributed by atoms with Crippen molar-refractivity contribution >= 4 is 29.4 Å². The van der Waals surface area contributed by atoms with Crippen LogP contribution < -0.4 is 26.4 Å². The molecule has 2 aromatic rings. The molecule has 3 N–H and O–H groups in total. The number of imide groups is 1. The highest BCUT2D eigenvalue weighted by molar-refractivity contribution is 6.09. The van der Waals surface area contributed by atoms with Crippen LogP contribution in [0.2, 0.25) is 0 Å². The molecule has 2 heterocycles. The Morgan fingerprint density at radius 2 is 1.78 bits per heavy atom. The Hall–Kier alpha value is -3.89. The lowest BCUT2D eigenvalue weighted by Gasteiger charge is -2.39. The zero-order valence-electron chi connectivity index (χ0n) is 21.7. The second-order valence-electron chi connectivity index (χ2n) is 9.94. The average molecular weight is 511 g/mol. The van der Waals surface area contributed by atoms with Crippen molar-refractivity contribution in [2.75, 3.05) is 4.90 Å². The van der Waals surface area contributed by atoms with Crippen LogP contribution in [0.5, 0.6) is 0 Å². The maximum absolute atomic E-state index is 13.9. The largest absolute Gasteiger partial charge is 0.351 e. The minimum atomic E-state index is -1.42. The number of hydrogen-bond donors (Lipinski definition) is 3. The fourth-order valence-corrected chi connectivity index (χ4v) is 5.16. The quantitative estimate of drug-likeness (QED) is 0.464. The Balaban J connectivity index is 1.82. The lowest BCUT2D eigenvalue weighted by Crippen LogP contribution is -2.62. The number of aromatic nitrogens is 2. The maximum Gasteiger partial charge on any atom is 0.322 e. The Morgan fingerprint density at radius 1 is 1.14 bits per heavy atom. The minimum Gasteiger partial charge on any atom is -0.351 e. The van der Waals surface area contributed by atoms with Gasteiger partial charge in [0.05, 0.1) is 17.8 Å². The number of para-hydroxylation sites is 1. The van der Waals surface area contributed by atoms with Gasteiger partial charge in [-0.25, -0.2) is 9.48 Å². The van der Waals surface area contributed by atoms with Gasteiger partial charge in [-0.3, -0.25) is 34.1 Å². The van der Waals surface area contributed by atoms with Crippen LogP contribution in [-0.2, 0) is 21.4 Å². The number of carbonyl (C=O) groups is 4. The molecule has 11 nitrogen and oxygen atoms in total. The van der Waals surface area contributed by atoms with Gasteiger partial charge in [0, 0.05) is 13.1 Å². The van der Waals surface area contributed by atoms with Gasteiger partial charge in [0.25, 0.3) is 11.5 Å². The summed E-state index contributed by atoms with van der Waals surface area (Å²) in [4.78, 5) is 66.7.